The van der Waals surface area contributed by atoms with Crippen molar-refractivity contribution in [3.8, 4) is 0 Å². The van der Waals surface area contributed by atoms with Gasteiger partial charge in [0.05, 0.1) is 19.6 Å². The largest absolute Gasteiger partial charge is 0.469 e. The number of carbonyl (C=O) groups excluding carboxylic acids is 2. The Kier molecular flexibility index (Phi) is 6.85. The number of hydrogen-bond acceptors (Lipinski definition) is 4. The molecular formula is C14H23F3N4O3. The molecule has 24 heavy (non-hydrogen) atoms. The van der Waals surface area contributed by atoms with Gasteiger partial charge < -0.3 is 19.9 Å². The minimum absolute atomic E-state index is 0.0413. The number of rotatable bonds is 4. The predicted molar refractivity (Wildman–Crippen MR) is 81.3 cm³/mol. The Balaban J connectivity index is 2.57. The molecule has 7 nitrogen and oxygen atoms in total. The van der Waals surface area contributed by atoms with Gasteiger partial charge in [-0.3, -0.25) is 14.6 Å². The van der Waals surface area contributed by atoms with Crippen LogP contribution in [-0.4, -0.2) is 81.2 Å². The Morgan fingerprint density at radius 1 is 1.38 bits per heavy atom. The lowest BCUT2D eigenvalue weighted by Gasteiger charge is -2.23. The van der Waals surface area contributed by atoms with Crippen LogP contribution >= 0.6 is 0 Å². The molecule has 1 aliphatic rings. The van der Waals surface area contributed by atoms with E-state index >= 15 is 0 Å². The predicted octanol–water partition coefficient (Wildman–Crippen LogP) is 0.323. The normalized spacial score (nSPS) is 21.6. The molecule has 1 saturated heterocycles. The number of hydrogen-bond donors (Lipinski definition) is 1. The first-order valence-corrected chi connectivity index (χ1v) is 7.43. The van der Waals surface area contributed by atoms with Gasteiger partial charge in [-0.1, -0.05) is 6.92 Å². The summed E-state index contributed by atoms with van der Waals surface area (Å²) in [5, 5.41) is 2.74. The van der Waals surface area contributed by atoms with Gasteiger partial charge in [0.2, 0.25) is 5.91 Å². The molecule has 1 N–H and O–H groups in total. The lowest BCUT2D eigenvalue weighted by molar-refractivity contribution is -0.157. The van der Waals surface area contributed by atoms with E-state index < -0.39 is 18.6 Å². The van der Waals surface area contributed by atoms with Gasteiger partial charge in [-0.2, -0.15) is 13.2 Å². The van der Waals surface area contributed by atoms with Gasteiger partial charge >= 0.3 is 12.1 Å². The number of esters is 1. The standard InChI is InChI=1S/C14H23F3N4O3/c1-9-6-21(7-10(9)12(23)24-4)13(18-2)19-5-11(22)20(3)8-14(15,16)17/h9-10H,5-8H2,1-4H3,(H,18,19). The third-order valence-corrected chi connectivity index (χ3v) is 3.87. The summed E-state index contributed by atoms with van der Waals surface area (Å²) in [5.41, 5.74) is 0. The Hall–Kier alpha value is -2.00. The van der Waals surface area contributed by atoms with Crippen LogP contribution in [0, 0.1) is 11.8 Å². The second-order valence-corrected chi connectivity index (χ2v) is 5.78. The van der Waals surface area contributed by atoms with Crippen LogP contribution < -0.4 is 5.32 Å². The molecule has 0 aromatic rings. The Bertz CT molecular complexity index is 496. The minimum atomic E-state index is -4.44. The summed E-state index contributed by atoms with van der Waals surface area (Å²) < 4.78 is 41.6. The molecule has 1 rings (SSSR count). The van der Waals surface area contributed by atoms with Crippen molar-refractivity contribution in [2.75, 3.05) is 47.4 Å². The number of nitrogens with zero attached hydrogens (tertiary/aromatic N) is 3. The zero-order valence-electron chi connectivity index (χ0n) is 14.2. The molecule has 1 heterocycles. The molecule has 0 aromatic heterocycles. The first kappa shape index (κ1) is 20.0. The maximum Gasteiger partial charge on any atom is 0.406 e. The van der Waals surface area contributed by atoms with Crippen molar-refractivity contribution in [1.29, 1.82) is 0 Å². The number of guanidine groups is 1. The fraction of sp³-hybridized carbons (Fsp3) is 0.786. The molecule has 0 spiro atoms. The van der Waals surface area contributed by atoms with E-state index in [0.29, 0.717) is 23.9 Å². The molecule has 0 aromatic carbocycles. The van der Waals surface area contributed by atoms with E-state index in [1.54, 1.807) is 4.90 Å². The lowest BCUT2D eigenvalue weighted by atomic mass is 9.99. The van der Waals surface area contributed by atoms with Gasteiger partial charge in [0.15, 0.2) is 5.96 Å². The Labute approximate surface area is 138 Å². The van der Waals surface area contributed by atoms with Gasteiger partial charge in [-0.05, 0) is 5.92 Å². The summed E-state index contributed by atoms with van der Waals surface area (Å²) >= 11 is 0. The number of alkyl halides is 3. The van der Waals surface area contributed by atoms with Gasteiger partial charge in [-0.25, -0.2) is 0 Å². The number of methoxy groups -OCH3 is 1. The van der Waals surface area contributed by atoms with E-state index in [9.17, 15) is 22.8 Å². The highest BCUT2D eigenvalue weighted by Gasteiger charge is 2.37. The average molecular weight is 352 g/mol. The first-order chi connectivity index (χ1) is 11.1. The maximum atomic E-state index is 12.3. The molecule has 0 radical (unpaired) electrons. The monoisotopic (exact) mass is 352 g/mol. The third-order valence-electron chi connectivity index (χ3n) is 3.87. The third kappa shape index (κ3) is 5.57. The van der Waals surface area contributed by atoms with E-state index in [1.165, 1.54) is 14.2 Å². The molecule has 2 unspecified atom stereocenters. The molecule has 1 amide bonds. The smallest absolute Gasteiger partial charge is 0.406 e. The number of carbonyl (C=O) groups is 2. The number of amides is 1. The second kappa shape index (κ2) is 8.20. The molecular weight excluding hydrogens is 329 g/mol. The van der Waals surface area contributed by atoms with E-state index in [2.05, 4.69) is 10.3 Å². The van der Waals surface area contributed by atoms with E-state index in [1.807, 2.05) is 6.92 Å². The lowest BCUT2D eigenvalue weighted by Crippen LogP contribution is -2.46. The number of aliphatic imine (C=N–C) groups is 1. The van der Waals surface area contributed by atoms with Crippen molar-refractivity contribution in [3.05, 3.63) is 0 Å². The molecule has 0 bridgehead atoms. The molecule has 2 atom stereocenters. The summed E-state index contributed by atoms with van der Waals surface area (Å²) in [6.07, 6.45) is -4.44. The van der Waals surface area contributed by atoms with Crippen molar-refractivity contribution in [1.82, 2.24) is 15.1 Å². The zero-order chi connectivity index (χ0) is 18.5. The van der Waals surface area contributed by atoms with Crippen LogP contribution in [0.15, 0.2) is 4.99 Å². The van der Waals surface area contributed by atoms with Crippen LogP contribution in [0.5, 0.6) is 0 Å². The van der Waals surface area contributed by atoms with Gasteiger partial charge in [0, 0.05) is 27.2 Å². The van der Waals surface area contributed by atoms with Crippen LogP contribution in [0.25, 0.3) is 0 Å². The van der Waals surface area contributed by atoms with Crippen molar-refractivity contribution < 1.29 is 27.5 Å². The molecule has 138 valence electrons. The Morgan fingerprint density at radius 2 is 2.00 bits per heavy atom. The average Bonchev–Trinajstić information content (AvgIpc) is 2.87. The SMILES string of the molecule is CN=C(NCC(=O)N(C)CC(F)(F)F)N1CC(C)C(C(=O)OC)C1. The summed E-state index contributed by atoms with van der Waals surface area (Å²) in [6.45, 7) is 1.19. The molecule has 0 saturated carbocycles. The zero-order valence-corrected chi connectivity index (χ0v) is 14.2. The molecule has 1 aliphatic heterocycles. The van der Waals surface area contributed by atoms with Gasteiger partial charge in [-0.15, -0.1) is 0 Å². The second-order valence-electron chi connectivity index (χ2n) is 5.78. The molecule has 0 aliphatic carbocycles. The topological polar surface area (TPSA) is 74.2 Å². The maximum absolute atomic E-state index is 12.3. The van der Waals surface area contributed by atoms with E-state index in [0.717, 1.165) is 7.05 Å². The summed E-state index contributed by atoms with van der Waals surface area (Å²) in [4.78, 5) is 29.8. The van der Waals surface area contributed by atoms with E-state index in [-0.39, 0.29) is 24.3 Å². The molecule has 10 heteroatoms. The van der Waals surface area contributed by atoms with Gasteiger partial charge in [0.25, 0.3) is 0 Å². The highest BCUT2D eigenvalue weighted by molar-refractivity contribution is 5.87. The fourth-order valence-corrected chi connectivity index (χ4v) is 2.58. The first-order valence-electron chi connectivity index (χ1n) is 7.43. The van der Waals surface area contributed by atoms with Gasteiger partial charge in [0.1, 0.15) is 6.54 Å². The number of halogens is 3. The summed E-state index contributed by atoms with van der Waals surface area (Å²) in [7, 11) is 3.91. The van der Waals surface area contributed by atoms with Crippen molar-refractivity contribution in [3.63, 3.8) is 0 Å². The number of likely N-dealkylation sites (tertiary alicyclic amines) is 1. The number of nitrogens with one attached hydrogen (secondary N) is 1. The van der Waals surface area contributed by atoms with E-state index in [4.69, 9.17) is 4.74 Å². The van der Waals surface area contributed by atoms with Crippen LogP contribution in [0.3, 0.4) is 0 Å². The van der Waals surface area contributed by atoms with Crippen LogP contribution in [0.2, 0.25) is 0 Å². The summed E-state index contributed by atoms with van der Waals surface area (Å²) in [5.74, 6) is -0.926. The van der Waals surface area contributed by atoms with Crippen molar-refractivity contribution >= 4 is 17.8 Å². The van der Waals surface area contributed by atoms with Crippen LogP contribution in [0.4, 0.5) is 13.2 Å². The van der Waals surface area contributed by atoms with Crippen LogP contribution in [0.1, 0.15) is 6.92 Å². The van der Waals surface area contributed by atoms with Crippen LogP contribution in [-0.2, 0) is 14.3 Å². The summed E-state index contributed by atoms with van der Waals surface area (Å²) in [6, 6.07) is 0. The minimum Gasteiger partial charge on any atom is -0.469 e. The number of ether oxygens (including phenoxy) is 1. The fourth-order valence-electron chi connectivity index (χ4n) is 2.58. The highest BCUT2D eigenvalue weighted by atomic mass is 19.4. The quantitative estimate of drug-likeness (QED) is 0.448. The number of likely N-dealkylation sites (N-methyl/N-ethyl adjacent to an activating group) is 1. The van der Waals surface area contributed by atoms with Crippen molar-refractivity contribution in [2.24, 2.45) is 16.8 Å². The Morgan fingerprint density at radius 3 is 2.50 bits per heavy atom. The highest BCUT2D eigenvalue weighted by Crippen LogP contribution is 2.24. The van der Waals surface area contributed by atoms with Crippen molar-refractivity contribution in [2.45, 2.75) is 13.1 Å². The molecule has 1 fully saturated rings.